The van der Waals surface area contributed by atoms with Gasteiger partial charge in [0, 0.05) is 23.7 Å². The van der Waals surface area contributed by atoms with Crippen molar-refractivity contribution in [3.63, 3.8) is 0 Å². The molecule has 0 aromatic heterocycles. The molecule has 1 atom stereocenters. The highest BCUT2D eigenvalue weighted by Crippen LogP contribution is 2.22. The molecule has 5 heteroatoms. The van der Waals surface area contributed by atoms with Crippen LogP contribution in [-0.2, 0) is 16.1 Å². The Kier molecular flexibility index (Phi) is 5.05. The predicted molar refractivity (Wildman–Crippen MR) is 73.4 cm³/mol. The maximum absolute atomic E-state index is 11.8. The lowest BCUT2D eigenvalue weighted by atomic mass is 10.1. The molecule has 4 nitrogen and oxygen atoms in total. The minimum Gasteiger partial charge on any atom is -0.496 e. The predicted octanol–water partition coefficient (Wildman–Crippen LogP) is 2.53. The third-order valence-electron chi connectivity index (χ3n) is 3.16. The molecule has 0 bridgehead atoms. The Morgan fingerprint density at radius 3 is 3.11 bits per heavy atom. The van der Waals surface area contributed by atoms with Gasteiger partial charge in [-0.1, -0.05) is 11.6 Å². The third kappa shape index (κ3) is 4.11. The maximum Gasteiger partial charge on any atom is 0.222 e. The number of halogens is 1. The van der Waals surface area contributed by atoms with Gasteiger partial charge in [0.1, 0.15) is 5.75 Å². The zero-order valence-corrected chi connectivity index (χ0v) is 11.7. The molecule has 0 aliphatic carbocycles. The van der Waals surface area contributed by atoms with Crippen molar-refractivity contribution in [1.29, 1.82) is 0 Å². The SMILES string of the molecule is COc1ccc(Cl)cc1CNC(=O)C[C@@H]1CCCO1. The molecular weight excluding hydrogens is 266 g/mol. The molecule has 0 spiro atoms. The number of benzene rings is 1. The van der Waals surface area contributed by atoms with Crippen LogP contribution in [0.5, 0.6) is 5.75 Å². The number of rotatable bonds is 5. The van der Waals surface area contributed by atoms with E-state index in [4.69, 9.17) is 21.1 Å². The van der Waals surface area contributed by atoms with E-state index in [1.807, 2.05) is 0 Å². The third-order valence-corrected chi connectivity index (χ3v) is 3.39. The van der Waals surface area contributed by atoms with Gasteiger partial charge < -0.3 is 14.8 Å². The van der Waals surface area contributed by atoms with Gasteiger partial charge in [-0.05, 0) is 31.0 Å². The molecule has 1 fully saturated rings. The Morgan fingerprint density at radius 1 is 1.58 bits per heavy atom. The molecule has 0 radical (unpaired) electrons. The standard InChI is InChI=1S/C14H18ClNO3/c1-18-13-5-4-11(15)7-10(13)9-16-14(17)8-12-3-2-6-19-12/h4-5,7,12H,2-3,6,8-9H2,1H3,(H,16,17)/t12-/m0/s1. The van der Waals surface area contributed by atoms with Gasteiger partial charge in [0.05, 0.1) is 19.6 Å². The number of amides is 1. The molecule has 0 saturated carbocycles. The average molecular weight is 284 g/mol. The zero-order chi connectivity index (χ0) is 13.7. The molecule has 1 amide bonds. The van der Waals surface area contributed by atoms with Gasteiger partial charge in [-0.25, -0.2) is 0 Å². The molecule has 104 valence electrons. The summed E-state index contributed by atoms with van der Waals surface area (Å²) in [7, 11) is 1.60. The van der Waals surface area contributed by atoms with Crippen LogP contribution < -0.4 is 10.1 Å². The second-order valence-electron chi connectivity index (χ2n) is 4.57. The first-order valence-corrected chi connectivity index (χ1v) is 6.77. The average Bonchev–Trinajstić information content (AvgIpc) is 2.89. The van der Waals surface area contributed by atoms with Gasteiger partial charge >= 0.3 is 0 Å². The van der Waals surface area contributed by atoms with E-state index in [0.29, 0.717) is 18.0 Å². The molecule has 1 aliphatic heterocycles. The smallest absolute Gasteiger partial charge is 0.222 e. The summed E-state index contributed by atoms with van der Waals surface area (Å²) in [5, 5.41) is 3.50. The number of hydrogen-bond acceptors (Lipinski definition) is 3. The first-order chi connectivity index (χ1) is 9.19. The summed E-state index contributed by atoms with van der Waals surface area (Å²) in [5.74, 6) is 0.718. The van der Waals surface area contributed by atoms with Gasteiger partial charge in [0.15, 0.2) is 0 Å². The second kappa shape index (κ2) is 6.78. The van der Waals surface area contributed by atoms with E-state index in [-0.39, 0.29) is 12.0 Å². The lowest BCUT2D eigenvalue weighted by Crippen LogP contribution is -2.26. The number of methoxy groups -OCH3 is 1. The van der Waals surface area contributed by atoms with Gasteiger partial charge in [0.2, 0.25) is 5.91 Å². The first kappa shape index (κ1) is 14.2. The zero-order valence-electron chi connectivity index (χ0n) is 10.9. The van der Waals surface area contributed by atoms with Crippen LogP contribution in [0.3, 0.4) is 0 Å². The number of ether oxygens (including phenoxy) is 2. The van der Waals surface area contributed by atoms with Crippen LogP contribution in [0.2, 0.25) is 5.02 Å². The van der Waals surface area contributed by atoms with Gasteiger partial charge in [-0.3, -0.25) is 4.79 Å². The Bertz CT molecular complexity index is 444. The Hall–Kier alpha value is -1.26. The summed E-state index contributed by atoms with van der Waals surface area (Å²) in [5.41, 5.74) is 0.871. The first-order valence-electron chi connectivity index (χ1n) is 6.40. The summed E-state index contributed by atoms with van der Waals surface area (Å²) in [4.78, 5) is 11.8. The van der Waals surface area contributed by atoms with Crippen molar-refractivity contribution < 1.29 is 14.3 Å². The summed E-state index contributed by atoms with van der Waals surface area (Å²) in [6, 6.07) is 5.36. The fourth-order valence-electron chi connectivity index (χ4n) is 2.16. The van der Waals surface area contributed by atoms with E-state index in [2.05, 4.69) is 5.32 Å². The van der Waals surface area contributed by atoms with E-state index >= 15 is 0 Å². The number of hydrogen-bond donors (Lipinski definition) is 1. The lowest BCUT2D eigenvalue weighted by Gasteiger charge is -2.12. The van der Waals surface area contributed by atoms with Crippen LogP contribution in [0.25, 0.3) is 0 Å². The molecule has 1 saturated heterocycles. The van der Waals surface area contributed by atoms with Gasteiger partial charge in [0.25, 0.3) is 0 Å². The van der Waals surface area contributed by atoms with Crippen LogP contribution in [-0.4, -0.2) is 25.7 Å². The van der Waals surface area contributed by atoms with Crippen molar-refractivity contribution >= 4 is 17.5 Å². The molecule has 1 aromatic carbocycles. The van der Waals surface area contributed by atoms with E-state index < -0.39 is 0 Å². The van der Waals surface area contributed by atoms with Crippen LogP contribution >= 0.6 is 11.6 Å². The van der Waals surface area contributed by atoms with Crippen molar-refractivity contribution in [1.82, 2.24) is 5.32 Å². The van der Waals surface area contributed by atoms with Crippen molar-refractivity contribution in [3.05, 3.63) is 28.8 Å². The summed E-state index contributed by atoms with van der Waals surface area (Å²) in [6.45, 7) is 1.18. The number of nitrogens with one attached hydrogen (secondary N) is 1. The molecule has 1 aliphatic rings. The van der Waals surface area contributed by atoms with E-state index in [9.17, 15) is 4.79 Å². The molecule has 2 rings (SSSR count). The minimum atomic E-state index is -0.00562. The Balaban J connectivity index is 1.87. The number of carbonyl (C=O) groups excluding carboxylic acids is 1. The Labute approximate surface area is 118 Å². The fourth-order valence-corrected chi connectivity index (χ4v) is 2.36. The van der Waals surface area contributed by atoms with Crippen molar-refractivity contribution in [3.8, 4) is 5.75 Å². The largest absolute Gasteiger partial charge is 0.496 e. The van der Waals surface area contributed by atoms with Gasteiger partial charge in [-0.2, -0.15) is 0 Å². The molecule has 19 heavy (non-hydrogen) atoms. The highest BCUT2D eigenvalue weighted by molar-refractivity contribution is 6.30. The van der Waals surface area contributed by atoms with Gasteiger partial charge in [-0.15, -0.1) is 0 Å². The van der Waals surface area contributed by atoms with Crippen molar-refractivity contribution in [2.24, 2.45) is 0 Å². The minimum absolute atomic E-state index is 0.00562. The van der Waals surface area contributed by atoms with Crippen molar-refractivity contribution in [2.45, 2.75) is 31.9 Å². The fraction of sp³-hybridized carbons (Fsp3) is 0.500. The van der Waals surface area contributed by atoms with E-state index in [1.54, 1.807) is 25.3 Å². The molecule has 1 aromatic rings. The van der Waals surface area contributed by atoms with Crippen molar-refractivity contribution in [2.75, 3.05) is 13.7 Å². The summed E-state index contributed by atoms with van der Waals surface area (Å²) >= 11 is 5.94. The highest BCUT2D eigenvalue weighted by atomic mass is 35.5. The number of carbonyl (C=O) groups is 1. The molecular formula is C14H18ClNO3. The summed E-state index contributed by atoms with van der Waals surface area (Å²) < 4.78 is 10.7. The van der Waals surface area contributed by atoms with E-state index in [1.165, 1.54) is 0 Å². The quantitative estimate of drug-likeness (QED) is 0.903. The van der Waals surface area contributed by atoms with Crippen LogP contribution in [0, 0.1) is 0 Å². The Morgan fingerprint density at radius 2 is 2.42 bits per heavy atom. The molecule has 1 heterocycles. The lowest BCUT2D eigenvalue weighted by molar-refractivity contribution is -0.123. The molecule has 1 N–H and O–H groups in total. The normalized spacial score (nSPS) is 18.3. The molecule has 0 unspecified atom stereocenters. The topological polar surface area (TPSA) is 47.6 Å². The van der Waals surface area contributed by atoms with Crippen LogP contribution in [0.1, 0.15) is 24.8 Å². The second-order valence-corrected chi connectivity index (χ2v) is 5.01. The van der Waals surface area contributed by atoms with Crippen LogP contribution in [0.4, 0.5) is 0 Å². The maximum atomic E-state index is 11.8. The summed E-state index contributed by atoms with van der Waals surface area (Å²) in [6.07, 6.45) is 2.50. The van der Waals surface area contributed by atoms with Crippen LogP contribution in [0.15, 0.2) is 18.2 Å². The monoisotopic (exact) mass is 283 g/mol. The highest BCUT2D eigenvalue weighted by Gasteiger charge is 2.19. The van der Waals surface area contributed by atoms with E-state index in [0.717, 1.165) is 30.8 Å².